The summed E-state index contributed by atoms with van der Waals surface area (Å²) in [5, 5.41) is 4.59. The van der Waals surface area contributed by atoms with Crippen LogP contribution in [0.25, 0.3) is 11.1 Å². The van der Waals surface area contributed by atoms with Crippen molar-refractivity contribution in [3.8, 4) is 11.1 Å². The minimum atomic E-state index is 0.322. The lowest BCUT2D eigenvalue weighted by Crippen LogP contribution is -2.29. The van der Waals surface area contributed by atoms with E-state index in [4.69, 9.17) is 11.6 Å². The molecule has 0 aromatic heterocycles. The molecule has 1 heterocycles. The summed E-state index contributed by atoms with van der Waals surface area (Å²) in [6.45, 7) is 0. The van der Waals surface area contributed by atoms with E-state index in [2.05, 4.69) is 78.1 Å². The summed E-state index contributed by atoms with van der Waals surface area (Å²) in [4.78, 5) is 0. The fraction of sp³-hybridized carbons (Fsp3) is 0.167. The largest absolute Gasteiger partial charge is 0.378 e. The molecule has 2 heteroatoms. The van der Waals surface area contributed by atoms with Crippen molar-refractivity contribution in [2.75, 3.05) is 5.32 Å². The van der Waals surface area contributed by atoms with Gasteiger partial charge in [0.1, 0.15) is 0 Å². The molecule has 0 radical (unpaired) electrons. The molecule has 0 saturated carbocycles. The molecule has 5 rings (SSSR count). The van der Waals surface area contributed by atoms with Crippen LogP contribution in [-0.4, -0.2) is 0 Å². The number of anilines is 1. The summed E-state index contributed by atoms with van der Waals surface area (Å²) >= 11 is 6.09. The topological polar surface area (TPSA) is 12.0 Å². The first-order chi connectivity index (χ1) is 12.8. The van der Waals surface area contributed by atoms with Gasteiger partial charge in [-0.05, 0) is 58.9 Å². The zero-order valence-electron chi connectivity index (χ0n) is 14.4. The molecule has 0 fully saturated rings. The van der Waals surface area contributed by atoms with Gasteiger partial charge in [0.15, 0.2) is 0 Å². The summed E-state index contributed by atoms with van der Waals surface area (Å²) in [7, 11) is 0. The van der Waals surface area contributed by atoms with Gasteiger partial charge in [0.2, 0.25) is 0 Å². The fourth-order valence-electron chi connectivity index (χ4n) is 4.40. The molecular formula is C24H20ClN. The highest BCUT2D eigenvalue weighted by Gasteiger charge is 2.37. The standard InChI is InChI=1S/C24H20ClN/c25-19-12-9-17(10-13-19)24-21-8-4-7-20(21)22-15-18(11-14-23(22)26-24)16-5-2-1-3-6-16/h1-7,9-15,20-21,24,26H,8H2/t20-,21+,24-/m0/s1. The van der Waals surface area contributed by atoms with Crippen molar-refractivity contribution >= 4 is 17.3 Å². The minimum absolute atomic E-state index is 0.322. The van der Waals surface area contributed by atoms with E-state index in [0.717, 1.165) is 11.4 Å². The molecule has 3 aromatic rings. The smallest absolute Gasteiger partial charge is 0.0553 e. The number of halogens is 1. The van der Waals surface area contributed by atoms with Crippen LogP contribution >= 0.6 is 11.6 Å². The number of fused-ring (bicyclic) bond motifs is 3. The molecule has 0 spiro atoms. The lowest BCUT2D eigenvalue weighted by molar-refractivity contribution is 0.425. The van der Waals surface area contributed by atoms with Crippen LogP contribution in [0.2, 0.25) is 5.02 Å². The van der Waals surface area contributed by atoms with Crippen LogP contribution in [0.5, 0.6) is 0 Å². The maximum absolute atomic E-state index is 6.09. The van der Waals surface area contributed by atoms with E-state index in [1.165, 1.54) is 27.9 Å². The van der Waals surface area contributed by atoms with Gasteiger partial charge in [-0.25, -0.2) is 0 Å². The van der Waals surface area contributed by atoms with E-state index >= 15 is 0 Å². The number of nitrogens with one attached hydrogen (secondary N) is 1. The first kappa shape index (κ1) is 15.7. The van der Waals surface area contributed by atoms with E-state index in [1.54, 1.807) is 0 Å². The molecule has 0 bridgehead atoms. The first-order valence-corrected chi connectivity index (χ1v) is 9.55. The van der Waals surface area contributed by atoms with E-state index in [9.17, 15) is 0 Å². The van der Waals surface area contributed by atoms with Gasteiger partial charge in [-0.2, -0.15) is 0 Å². The Morgan fingerprint density at radius 2 is 1.65 bits per heavy atom. The highest BCUT2D eigenvalue weighted by atomic mass is 35.5. The molecule has 1 nitrogen and oxygen atoms in total. The second-order valence-electron chi connectivity index (χ2n) is 7.20. The van der Waals surface area contributed by atoms with Gasteiger partial charge in [0.25, 0.3) is 0 Å². The predicted octanol–water partition coefficient (Wildman–Crippen LogP) is 6.83. The molecule has 1 N–H and O–H groups in total. The molecule has 2 aliphatic rings. The Labute approximate surface area is 159 Å². The minimum Gasteiger partial charge on any atom is -0.378 e. The van der Waals surface area contributed by atoms with Gasteiger partial charge in [-0.1, -0.05) is 72.3 Å². The zero-order valence-corrected chi connectivity index (χ0v) is 15.2. The third-order valence-electron chi connectivity index (χ3n) is 5.70. The SMILES string of the molecule is Clc1ccc([C@@H]2Nc3ccc(-c4ccccc4)cc3[C@H]3C=CC[C@H]32)cc1. The molecule has 0 unspecified atom stereocenters. The first-order valence-electron chi connectivity index (χ1n) is 9.17. The molecule has 0 amide bonds. The number of rotatable bonds is 2. The number of hydrogen-bond donors (Lipinski definition) is 1. The fourth-order valence-corrected chi connectivity index (χ4v) is 4.53. The Kier molecular flexibility index (Phi) is 3.83. The summed E-state index contributed by atoms with van der Waals surface area (Å²) in [5.41, 5.74) is 6.53. The maximum atomic E-state index is 6.09. The average molecular weight is 358 g/mol. The van der Waals surface area contributed by atoms with Crippen LogP contribution in [-0.2, 0) is 0 Å². The number of benzene rings is 3. The Hall–Kier alpha value is -2.51. The molecular weight excluding hydrogens is 338 g/mol. The van der Waals surface area contributed by atoms with Crippen molar-refractivity contribution in [3.05, 3.63) is 101 Å². The number of allylic oxidation sites excluding steroid dienone is 2. The van der Waals surface area contributed by atoms with Crippen molar-refractivity contribution < 1.29 is 0 Å². The highest BCUT2D eigenvalue weighted by Crippen LogP contribution is 2.50. The van der Waals surface area contributed by atoms with Crippen LogP contribution in [0.4, 0.5) is 5.69 Å². The Morgan fingerprint density at radius 1 is 0.846 bits per heavy atom. The predicted molar refractivity (Wildman–Crippen MR) is 110 cm³/mol. The van der Waals surface area contributed by atoms with Crippen molar-refractivity contribution in [2.45, 2.75) is 18.4 Å². The normalized spacial score (nSPS) is 23.2. The van der Waals surface area contributed by atoms with Crippen molar-refractivity contribution in [1.82, 2.24) is 0 Å². The summed E-state index contributed by atoms with van der Waals surface area (Å²) in [5.74, 6) is 1.02. The lowest BCUT2D eigenvalue weighted by Gasteiger charge is -2.37. The van der Waals surface area contributed by atoms with E-state index in [1.807, 2.05) is 12.1 Å². The Balaban J connectivity index is 1.56. The van der Waals surface area contributed by atoms with Crippen LogP contribution < -0.4 is 5.32 Å². The van der Waals surface area contributed by atoms with Crippen LogP contribution in [0.1, 0.15) is 29.5 Å². The monoisotopic (exact) mass is 357 g/mol. The Morgan fingerprint density at radius 3 is 2.46 bits per heavy atom. The highest BCUT2D eigenvalue weighted by molar-refractivity contribution is 6.30. The van der Waals surface area contributed by atoms with E-state index < -0.39 is 0 Å². The van der Waals surface area contributed by atoms with Crippen molar-refractivity contribution in [1.29, 1.82) is 0 Å². The lowest BCUT2D eigenvalue weighted by atomic mass is 9.76. The van der Waals surface area contributed by atoms with Crippen LogP contribution in [0.3, 0.4) is 0 Å². The van der Waals surface area contributed by atoms with E-state index in [0.29, 0.717) is 17.9 Å². The second kappa shape index (κ2) is 6.34. The van der Waals surface area contributed by atoms with Crippen molar-refractivity contribution in [3.63, 3.8) is 0 Å². The summed E-state index contributed by atoms with van der Waals surface area (Å²) in [6.07, 6.45) is 5.84. The van der Waals surface area contributed by atoms with Gasteiger partial charge >= 0.3 is 0 Å². The van der Waals surface area contributed by atoms with Gasteiger partial charge in [0, 0.05) is 16.6 Å². The van der Waals surface area contributed by atoms with Crippen LogP contribution in [0.15, 0.2) is 84.9 Å². The third kappa shape index (κ3) is 2.64. The zero-order chi connectivity index (χ0) is 17.5. The molecule has 3 aromatic carbocycles. The van der Waals surface area contributed by atoms with Gasteiger partial charge in [-0.15, -0.1) is 0 Å². The Bertz CT molecular complexity index is 959. The van der Waals surface area contributed by atoms with Crippen LogP contribution in [0, 0.1) is 5.92 Å². The van der Waals surface area contributed by atoms with Gasteiger partial charge < -0.3 is 5.32 Å². The van der Waals surface area contributed by atoms with Crippen molar-refractivity contribution in [2.24, 2.45) is 5.92 Å². The molecule has 26 heavy (non-hydrogen) atoms. The average Bonchev–Trinajstić information content (AvgIpc) is 3.19. The summed E-state index contributed by atoms with van der Waals surface area (Å²) < 4.78 is 0. The van der Waals surface area contributed by atoms with Gasteiger partial charge in [-0.3, -0.25) is 0 Å². The van der Waals surface area contributed by atoms with E-state index in [-0.39, 0.29) is 0 Å². The number of hydrogen-bond acceptors (Lipinski definition) is 1. The molecule has 1 aliphatic heterocycles. The third-order valence-corrected chi connectivity index (χ3v) is 5.95. The second-order valence-corrected chi connectivity index (χ2v) is 7.63. The molecule has 128 valence electrons. The molecule has 3 atom stereocenters. The maximum Gasteiger partial charge on any atom is 0.0553 e. The summed E-state index contributed by atoms with van der Waals surface area (Å²) in [6, 6.07) is 26.0. The quantitative estimate of drug-likeness (QED) is 0.495. The molecule has 0 saturated heterocycles. The molecule has 1 aliphatic carbocycles. The van der Waals surface area contributed by atoms with Gasteiger partial charge in [0.05, 0.1) is 6.04 Å².